The normalized spacial score (nSPS) is 46.6. The minimum atomic E-state index is -5.52. The maximum absolute atomic E-state index is 13.4. The molecule has 8 aliphatic rings. The average molecular weight is 1610 g/mol. The summed E-state index contributed by atoms with van der Waals surface area (Å²) in [6.07, 6.45) is -75.4. The van der Waals surface area contributed by atoms with Gasteiger partial charge < -0.3 is 184 Å². The van der Waals surface area contributed by atoms with Crippen molar-refractivity contribution in [3.05, 3.63) is 0 Å². The molecule has 8 rings (SSSR count). The van der Waals surface area contributed by atoms with Gasteiger partial charge in [0.25, 0.3) is 0 Å². The molecule has 0 saturated carbocycles. The molecule has 8 heterocycles. The lowest BCUT2D eigenvalue weighted by Crippen LogP contribution is -2.72. The van der Waals surface area contributed by atoms with Crippen LogP contribution in [0.4, 0.5) is 0 Å². The molecule has 49 nitrogen and oxygen atoms in total. The summed E-state index contributed by atoms with van der Waals surface area (Å²) in [5, 5.41) is 211. The number of carbonyl (C=O) groups is 4. The number of aliphatic hydroxyl groups excluding tert-OH is 18. The Kier molecular flexibility index (Phi) is 31.1. The predicted octanol–water partition coefficient (Wildman–Crippen LogP) is -16.2. The van der Waals surface area contributed by atoms with Crippen LogP contribution in [0.15, 0.2) is 0 Å². The van der Waals surface area contributed by atoms with E-state index >= 15 is 0 Å². The highest BCUT2D eigenvalue weighted by Gasteiger charge is 2.61. The van der Waals surface area contributed by atoms with Gasteiger partial charge in [0.2, 0.25) is 23.6 Å². The second kappa shape index (κ2) is 37.5. The lowest BCUT2D eigenvalue weighted by molar-refractivity contribution is -0.400. The number of ether oxygens (including phenoxy) is 15. The van der Waals surface area contributed by atoms with Gasteiger partial charge >= 0.3 is 20.8 Å². The molecule has 0 radical (unpaired) electrons. The van der Waals surface area contributed by atoms with Crippen LogP contribution in [0.3, 0.4) is 0 Å². The first-order valence-corrected chi connectivity index (χ1v) is 35.9. The fraction of sp³-hybridized carbons (Fsp3) is 0.929. The van der Waals surface area contributed by atoms with Crippen LogP contribution in [0, 0.1) is 0 Å². The number of amides is 4. The molecule has 8 saturated heterocycles. The zero-order valence-electron chi connectivity index (χ0n) is 57.3. The Morgan fingerprint density at radius 3 is 1.11 bits per heavy atom. The Labute approximate surface area is 607 Å². The topological polar surface area (TPSA) is 746 Å². The molecule has 51 heteroatoms. The molecule has 0 aromatic rings. The number of nitrogens with one attached hydrogen (secondary N) is 4. The first-order valence-electron chi connectivity index (χ1n) is 33.1. The minimum absolute atomic E-state index is 0.885. The molecule has 0 aromatic carbocycles. The van der Waals surface area contributed by atoms with Gasteiger partial charge in [-0.05, 0) is 13.8 Å². The van der Waals surface area contributed by atoms with Gasteiger partial charge in [-0.25, -0.2) is 8.37 Å². The molecule has 4 amide bonds. The van der Waals surface area contributed by atoms with E-state index in [0.717, 1.165) is 27.7 Å². The van der Waals surface area contributed by atoms with Gasteiger partial charge in [0.15, 0.2) is 50.3 Å². The van der Waals surface area contributed by atoms with E-state index in [9.17, 15) is 137 Å². The van der Waals surface area contributed by atoms with Crippen LogP contribution < -0.4 is 21.3 Å². The van der Waals surface area contributed by atoms with Gasteiger partial charge in [0.05, 0.1) is 51.8 Å². The van der Waals surface area contributed by atoms with E-state index in [2.05, 4.69) is 29.6 Å². The van der Waals surface area contributed by atoms with Crippen LogP contribution in [0.25, 0.3) is 0 Å². The fourth-order valence-corrected chi connectivity index (χ4v) is 14.1. The van der Waals surface area contributed by atoms with Crippen LogP contribution in [-0.4, -0.2) is 427 Å². The maximum Gasteiger partial charge on any atom is 0.397 e. The van der Waals surface area contributed by atoms with E-state index in [4.69, 9.17) is 71.1 Å². The highest BCUT2D eigenvalue weighted by atomic mass is 32.3. The van der Waals surface area contributed by atoms with Crippen LogP contribution in [0.2, 0.25) is 0 Å². The SMILES string of the molecule is CC(=O)N[C@H]1[C@H](OC[C@H]2OC(O)[C@H](NC(C)=O)[C@@H](O[C@@H]3O[C@H](CO)[C@H](O)[C@H](O[C@H]4O[C@H](CO)[C@H](O)[C@H](O[C@H]5O[C@H](CO)[C@@H](O)[C@H](O[C@@H]6O[C@@H](C)[C@@H](O)[C@@H](O)[C@@H]6O)[C@H]5NC(C)=O)[C@H]4NC(C)=O)[C@H]3O[C@@H]3O[C@@H](C)[C@@H](O)[C@@H](O)[C@@H]3O)[C@H]2O)O[C@H](COS(=O)(=O)O)[C@@H](O[C@@H]2O[C@H](CO)[C@H](O)[C@H](OS(=O)(=O)O)[C@H]2O)[C@@H]1O. The first-order chi connectivity index (χ1) is 50.0. The van der Waals surface area contributed by atoms with Crippen molar-refractivity contribution < 1.29 is 216 Å². The molecular formula is C56H94N4O45S2. The van der Waals surface area contributed by atoms with Crippen LogP contribution in [0.5, 0.6) is 0 Å². The summed E-state index contributed by atoms with van der Waals surface area (Å²) < 4.78 is 165. The van der Waals surface area contributed by atoms with Crippen molar-refractivity contribution in [1.29, 1.82) is 0 Å². The van der Waals surface area contributed by atoms with E-state index in [1.165, 1.54) is 13.8 Å². The quantitative estimate of drug-likeness (QED) is 0.0324. The Balaban J connectivity index is 1.14. The fourth-order valence-electron chi connectivity index (χ4n) is 13.2. The molecule has 107 heavy (non-hydrogen) atoms. The van der Waals surface area contributed by atoms with Crippen LogP contribution in [-0.2, 0) is 119 Å². The number of aliphatic hydroxyl groups is 18. The number of rotatable bonds is 28. The highest BCUT2D eigenvalue weighted by Crippen LogP contribution is 2.40. The Bertz CT molecular complexity index is 3150. The van der Waals surface area contributed by atoms with Crippen molar-refractivity contribution in [2.45, 2.75) is 287 Å². The second-order valence-corrected chi connectivity index (χ2v) is 28.5. The molecule has 40 atom stereocenters. The van der Waals surface area contributed by atoms with Gasteiger partial charge in [-0.2, -0.15) is 16.8 Å². The third kappa shape index (κ3) is 21.2. The summed E-state index contributed by atoms with van der Waals surface area (Å²) in [6.45, 7) is -1.01. The summed E-state index contributed by atoms with van der Waals surface area (Å²) >= 11 is 0. The summed E-state index contributed by atoms with van der Waals surface area (Å²) in [5.41, 5.74) is 0. The Morgan fingerprint density at radius 2 is 0.664 bits per heavy atom. The van der Waals surface area contributed by atoms with Gasteiger partial charge in [-0.3, -0.25) is 28.3 Å². The molecule has 0 aromatic heterocycles. The van der Waals surface area contributed by atoms with E-state index in [0.29, 0.717) is 0 Å². The van der Waals surface area contributed by atoms with Crippen LogP contribution >= 0.6 is 0 Å². The molecule has 0 aliphatic carbocycles. The number of hydrogen-bond acceptors (Lipinski definition) is 43. The number of hydrogen-bond donors (Lipinski definition) is 24. The maximum atomic E-state index is 13.4. The standard InChI is InChI=1S/C56H94N4O45S2/c1-13-29(69)37(77)39(79)53(91-13)101-45-28(60-18(6)68)51(94-20(8-62)32(45)72)100-44-27(59-17(5)67)52(95-19(7-61)31(44)71)103-47-34(74)22(10-64)97-56(48(47)104-54-40(80)38(78)30(70)14(2)92-54)102-43-26(58-16(4)66)49(82)93-23(35(43)75)11-89-50-25(57-15(3)65)36(76)42(24(98-50)12-90-106(83,84)85)99-55-41(81)46(105-107(86,87)88)33(73)21(9-63)96-55/h13-14,19-56,61-64,69-82H,7-12H2,1-6H3,(H,57,65)(H,58,66)(H,59,67)(H,60,68)(H,83,84,85)(H,86,87,88)/t13-,14-,19+,20+,21+,22+,23+,24+,25+,26+,27+,28+,29+,30+,31-,32+,33-,34-,35-,36+,37+,38+,39-,40-,41+,42+,43+,44+,45+,46-,47-,48+,49?,50+,51+,52+,53-,54-,55-,56-/m0/s1. The van der Waals surface area contributed by atoms with Crippen molar-refractivity contribution in [3.8, 4) is 0 Å². The minimum Gasteiger partial charge on any atom is -0.394 e. The van der Waals surface area contributed by atoms with Crippen LogP contribution in [0.1, 0.15) is 41.5 Å². The monoisotopic (exact) mass is 1610 g/mol. The van der Waals surface area contributed by atoms with Gasteiger partial charge in [0, 0.05) is 27.7 Å². The zero-order chi connectivity index (χ0) is 79.5. The third-order valence-electron chi connectivity index (χ3n) is 18.6. The molecular weight excluding hydrogens is 1510 g/mol. The van der Waals surface area contributed by atoms with Crippen molar-refractivity contribution in [2.75, 3.05) is 39.6 Å². The zero-order valence-corrected chi connectivity index (χ0v) is 58.9. The highest BCUT2D eigenvalue weighted by molar-refractivity contribution is 7.81. The van der Waals surface area contributed by atoms with Gasteiger partial charge in [-0.15, -0.1) is 0 Å². The predicted molar refractivity (Wildman–Crippen MR) is 329 cm³/mol. The van der Waals surface area contributed by atoms with Crippen molar-refractivity contribution >= 4 is 44.4 Å². The Morgan fingerprint density at radius 1 is 0.318 bits per heavy atom. The Hall–Kier alpha value is -3.70. The van der Waals surface area contributed by atoms with Gasteiger partial charge in [0.1, 0.15) is 183 Å². The average Bonchev–Trinajstić information content (AvgIpc) is 0.761. The van der Waals surface area contributed by atoms with E-state index in [1.54, 1.807) is 0 Å². The summed E-state index contributed by atoms with van der Waals surface area (Å²) in [6, 6.07) is -7.83. The van der Waals surface area contributed by atoms with E-state index < -0.39 is 329 Å². The molecule has 620 valence electrons. The second-order valence-electron chi connectivity index (χ2n) is 26.4. The molecule has 8 fully saturated rings. The first kappa shape index (κ1) is 88.9. The molecule has 0 spiro atoms. The van der Waals surface area contributed by atoms with Gasteiger partial charge in [-0.1, -0.05) is 0 Å². The smallest absolute Gasteiger partial charge is 0.394 e. The summed E-state index contributed by atoms with van der Waals surface area (Å²) in [4.78, 5) is 52.2. The number of carbonyl (C=O) groups excluding carboxylic acids is 4. The van der Waals surface area contributed by atoms with Crippen molar-refractivity contribution in [2.24, 2.45) is 0 Å². The third-order valence-corrected chi connectivity index (χ3v) is 19.5. The molecule has 8 aliphatic heterocycles. The van der Waals surface area contributed by atoms with Crippen molar-refractivity contribution in [3.63, 3.8) is 0 Å². The van der Waals surface area contributed by atoms with E-state index in [-0.39, 0.29) is 0 Å². The molecule has 1 unspecified atom stereocenters. The molecule has 24 N–H and O–H groups in total. The van der Waals surface area contributed by atoms with Crippen molar-refractivity contribution in [1.82, 2.24) is 21.3 Å². The summed E-state index contributed by atoms with van der Waals surface area (Å²) in [5.74, 6) is -3.89. The molecule has 0 bridgehead atoms. The summed E-state index contributed by atoms with van der Waals surface area (Å²) in [7, 11) is -11.0. The van der Waals surface area contributed by atoms with E-state index in [1.807, 2.05) is 0 Å². The largest absolute Gasteiger partial charge is 0.397 e. The lowest BCUT2D eigenvalue weighted by atomic mass is 9.93. The lowest BCUT2D eigenvalue weighted by Gasteiger charge is -2.52.